The van der Waals surface area contributed by atoms with Gasteiger partial charge in [-0.3, -0.25) is 4.98 Å². The number of nitrogens with zero attached hydrogens (tertiary/aromatic N) is 3. The summed E-state index contributed by atoms with van der Waals surface area (Å²) in [6.07, 6.45) is 2.56. The van der Waals surface area contributed by atoms with Gasteiger partial charge in [-0.1, -0.05) is 12.1 Å². The summed E-state index contributed by atoms with van der Waals surface area (Å²) in [6.45, 7) is 5.53. The first-order valence-electron chi connectivity index (χ1n) is 11.6. The highest BCUT2D eigenvalue weighted by molar-refractivity contribution is 7.89. The number of aryl methyl sites for hydroxylation is 2. The molecule has 4 heterocycles. The Labute approximate surface area is 213 Å². The van der Waals surface area contributed by atoms with Gasteiger partial charge in [0, 0.05) is 35.5 Å². The van der Waals surface area contributed by atoms with Crippen LogP contribution >= 0.6 is 0 Å². The van der Waals surface area contributed by atoms with E-state index >= 15 is 0 Å². The van der Waals surface area contributed by atoms with Gasteiger partial charge in [0.2, 0.25) is 16.3 Å². The molecule has 0 saturated carbocycles. The van der Waals surface area contributed by atoms with Crippen molar-refractivity contribution in [2.24, 2.45) is 5.41 Å². The molecule has 3 aromatic heterocycles. The first kappa shape index (κ1) is 25.2. The van der Waals surface area contributed by atoms with E-state index in [1.54, 1.807) is 38.4 Å². The highest BCUT2D eigenvalue weighted by Gasteiger charge is 2.37. The summed E-state index contributed by atoms with van der Waals surface area (Å²) in [5.41, 5.74) is 2.59. The second-order valence-electron chi connectivity index (χ2n) is 9.33. The third kappa shape index (κ3) is 5.18. The number of nitrogens with one attached hydrogen (secondary N) is 2. The number of halogens is 1. The second-order valence-corrected chi connectivity index (χ2v) is 11.0. The van der Waals surface area contributed by atoms with E-state index in [1.807, 2.05) is 19.1 Å². The molecular formula is C25H26FN5O5S. The van der Waals surface area contributed by atoms with Crippen molar-refractivity contribution >= 4 is 10.0 Å². The summed E-state index contributed by atoms with van der Waals surface area (Å²) in [7, 11) is -3.82. The lowest BCUT2D eigenvalue weighted by Gasteiger charge is -2.36. The number of aromatic nitrogens is 4. The van der Waals surface area contributed by atoms with Gasteiger partial charge in [0.15, 0.2) is 11.6 Å². The van der Waals surface area contributed by atoms with Crippen LogP contribution in [0.5, 0.6) is 0 Å². The molecule has 0 atom stereocenters. The summed E-state index contributed by atoms with van der Waals surface area (Å²) in [5, 5.41) is 3.72. The molecule has 0 aliphatic carbocycles. The van der Waals surface area contributed by atoms with Crippen LogP contribution in [0.3, 0.4) is 0 Å². The molecule has 1 aliphatic rings. The van der Waals surface area contributed by atoms with Crippen molar-refractivity contribution in [3.63, 3.8) is 0 Å². The van der Waals surface area contributed by atoms with E-state index in [4.69, 9.17) is 19.0 Å². The van der Waals surface area contributed by atoms with Crippen molar-refractivity contribution in [2.75, 3.05) is 19.8 Å². The molecule has 4 aromatic rings. The third-order valence-electron chi connectivity index (χ3n) is 6.12. The number of rotatable bonds is 7. The zero-order valence-corrected chi connectivity index (χ0v) is 21.3. The molecule has 12 heteroatoms. The topological polar surface area (TPSA) is 132 Å². The lowest BCUT2D eigenvalue weighted by molar-refractivity contribution is -0.231. The molecule has 0 unspecified atom stereocenters. The van der Waals surface area contributed by atoms with Crippen molar-refractivity contribution in [1.29, 1.82) is 0 Å². The lowest BCUT2D eigenvalue weighted by atomic mass is 9.92. The summed E-state index contributed by atoms with van der Waals surface area (Å²) < 4.78 is 58.7. The van der Waals surface area contributed by atoms with Gasteiger partial charge in [0.05, 0.1) is 24.6 Å². The van der Waals surface area contributed by atoms with Gasteiger partial charge in [-0.25, -0.2) is 22.5 Å². The second kappa shape index (κ2) is 9.78. The maximum atomic E-state index is 13.5. The molecule has 0 bridgehead atoms. The molecule has 1 aliphatic heterocycles. The van der Waals surface area contributed by atoms with Gasteiger partial charge in [0.25, 0.3) is 0 Å². The largest absolute Gasteiger partial charge is 0.360 e. The number of ether oxygens (including phenoxy) is 2. The molecule has 0 spiro atoms. The van der Waals surface area contributed by atoms with Crippen molar-refractivity contribution in [1.82, 2.24) is 24.8 Å². The summed E-state index contributed by atoms with van der Waals surface area (Å²) in [6, 6.07) is 9.75. The van der Waals surface area contributed by atoms with Crippen LogP contribution in [0, 0.1) is 25.1 Å². The molecular weight excluding hydrogens is 501 g/mol. The average Bonchev–Trinajstić information content (AvgIpc) is 3.48. The SMILES string of the molecule is Cc1noc(C)c1S(=O)(=O)NCC1(C)COC(c2nc(-c3ccc(F)cc3)c(-c3ccncc3)[nH]2)OC1. The van der Waals surface area contributed by atoms with Crippen LogP contribution in [0.15, 0.2) is 58.2 Å². The van der Waals surface area contributed by atoms with Crippen LogP contribution in [0.25, 0.3) is 22.5 Å². The fourth-order valence-corrected chi connectivity index (χ4v) is 5.68. The third-order valence-corrected chi connectivity index (χ3v) is 7.77. The molecule has 2 N–H and O–H groups in total. The Morgan fingerprint density at radius 1 is 1.08 bits per heavy atom. The Morgan fingerprint density at radius 2 is 1.76 bits per heavy atom. The Morgan fingerprint density at radius 3 is 2.38 bits per heavy atom. The minimum atomic E-state index is -3.82. The number of sulfonamides is 1. The van der Waals surface area contributed by atoms with Gasteiger partial charge >= 0.3 is 0 Å². The predicted octanol–water partition coefficient (Wildman–Crippen LogP) is 3.91. The number of hydrogen-bond acceptors (Lipinski definition) is 8. The van der Waals surface area contributed by atoms with E-state index in [-0.39, 0.29) is 36.2 Å². The van der Waals surface area contributed by atoms with E-state index < -0.39 is 21.7 Å². The van der Waals surface area contributed by atoms with Crippen molar-refractivity contribution in [2.45, 2.75) is 32.0 Å². The monoisotopic (exact) mass is 527 g/mol. The molecule has 37 heavy (non-hydrogen) atoms. The fourth-order valence-electron chi connectivity index (χ4n) is 4.15. The van der Waals surface area contributed by atoms with Crippen LogP contribution in [0.1, 0.15) is 30.5 Å². The molecule has 10 nitrogen and oxygen atoms in total. The molecule has 5 rings (SSSR count). The van der Waals surface area contributed by atoms with E-state index in [1.165, 1.54) is 12.1 Å². The number of hydrogen-bond donors (Lipinski definition) is 2. The van der Waals surface area contributed by atoms with Gasteiger partial charge in [-0.05, 0) is 50.2 Å². The average molecular weight is 528 g/mol. The van der Waals surface area contributed by atoms with Gasteiger partial charge in [0.1, 0.15) is 16.4 Å². The number of pyridine rings is 1. The summed E-state index contributed by atoms with van der Waals surface area (Å²) in [4.78, 5) is 12.1. The number of imidazole rings is 1. The fraction of sp³-hybridized carbons (Fsp3) is 0.320. The van der Waals surface area contributed by atoms with E-state index in [0.717, 1.165) is 16.8 Å². The molecule has 194 valence electrons. The van der Waals surface area contributed by atoms with Crippen molar-refractivity contribution in [3.05, 3.63) is 71.9 Å². The minimum absolute atomic E-state index is 0.0409. The smallest absolute Gasteiger partial charge is 0.245 e. The number of aromatic amines is 1. The number of H-pyrrole nitrogens is 1. The van der Waals surface area contributed by atoms with Gasteiger partial charge < -0.3 is 19.0 Å². The van der Waals surface area contributed by atoms with E-state index in [0.29, 0.717) is 17.2 Å². The van der Waals surface area contributed by atoms with Crippen LogP contribution in [0.4, 0.5) is 4.39 Å². The van der Waals surface area contributed by atoms with Crippen LogP contribution < -0.4 is 4.72 Å². The zero-order valence-electron chi connectivity index (χ0n) is 20.5. The Bertz CT molecular complexity index is 1470. The molecule has 1 aromatic carbocycles. The standard InChI is InChI=1S/C25H26FN5O5S/c1-15-22(16(2)36-31-15)37(32,33)28-12-25(3)13-34-24(35-14-25)23-29-20(17-4-6-19(26)7-5-17)21(30-23)18-8-10-27-11-9-18/h4-11,24,28H,12-14H2,1-3H3,(H,29,30). The van der Waals surface area contributed by atoms with Gasteiger partial charge in [-0.2, -0.15) is 0 Å². The quantitative estimate of drug-likeness (QED) is 0.370. The Kier molecular flexibility index (Phi) is 6.67. The molecule has 0 radical (unpaired) electrons. The zero-order chi connectivity index (χ0) is 26.2. The van der Waals surface area contributed by atoms with Gasteiger partial charge in [-0.15, -0.1) is 0 Å². The normalized spacial score (nSPS) is 20.3. The highest BCUT2D eigenvalue weighted by Crippen LogP contribution is 2.35. The van der Waals surface area contributed by atoms with E-state index in [9.17, 15) is 12.8 Å². The molecule has 1 fully saturated rings. The first-order valence-corrected chi connectivity index (χ1v) is 13.1. The maximum absolute atomic E-state index is 13.5. The maximum Gasteiger partial charge on any atom is 0.245 e. The molecule has 0 amide bonds. The minimum Gasteiger partial charge on any atom is -0.360 e. The van der Waals surface area contributed by atoms with Crippen molar-refractivity contribution in [3.8, 4) is 22.5 Å². The lowest BCUT2D eigenvalue weighted by Crippen LogP contribution is -2.45. The Balaban J connectivity index is 1.33. The number of benzene rings is 1. The van der Waals surface area contributed by atoms with E-state index in [2.05, 4.69) is 19.8 Å². The van der Waals surface area contributed by atoms with Crippen LogP contribution in [0.2, 0.25) is 0 Å². The van der Waals surface area contributed by atoms with Crippen molar-refractivity contribution < 1.29 is 26.8 Å². The first-order chi connectivity index (χ1) is 17.7. The summed E-state index contributed by atoms with van der Waals surface area (Å²) in [5.74, 6) is 0.337. The van der Waals surface area contributed by atoms with Crippen LogP contribution in [-0.4, -0.2) is 48.3 Å². The summed E-state index contributed by atoms with van der Waals surface area (Å²) >= 11 is 0. The predicted molar refractivity (Wildman–Crippen MR) is 131 cm³/mol. The molecule has 1 saturated heterocycles. The highest BCUT2D eigenvalue weighted by atomic mass is 32.2. The van der Waals surface area contributed by atoms with Crippen LogP contribution in [-0.2, 0) is 19.5 Å². The Hall–Kier alpha value is -3.45.